The minimum Gasteiger partial charge on any atom is -0.350 e. The van der Waals surface area contributed by atoms with Crippen LogP contribution in [-0.2, 0) is 0 Å². The monoisotopic (exact) mass is 399 g/mol. The molecule has 2 aromatic carbocycles. The van der Waals surface area contributed by atoms with Gasteiger partial charge in [-0.05, 0) is 24.3 Å². The van der Waals surface area contributed by atoms with Crippen LogP contribution in [0.4, 0.5) is 10.1 Å². The predicted molar refractivity (Wildman–Crippen MR) is 97.5 cm³/mol. The highest BCUT2D eigenvalue weighted by Gasteiger charge is 2.17. The summed E-state index contributed by atoms with van der Waals surface area (Å²) in [5, 5.41) is 19.2. The Balaban J connectivity index is 1.48. The Bertz CT molecular complexity index is 1050. The van der Waals surface area contributed by atoms with Gasteiger partial charge in [-0.1, -0.05) is 17.3 Å². The minimum absolute atomic E-state index is 0.0558. The van der Waals surface area contributed by atoms with Crippen molar-refractivity contribution < 1.29 is 23.4 Å². The lowest BCUT2D eigenvalue weighted by Gasteiger charge is -2.05. The number of halogens is 1. The summed E-state index contributed by atoms with van der Waals surface area (Å²) < 4.78 is 18.5. The van der Waals surface area contributed by atoms with Gasteiger partial charge in [0.2, 0.25) is 5.82 Å². The SMILES string of the molecule is O=C(NCCNC(=O)c1nc(-c2ccccc2F)no1)c1ccc([N+](=O)[O-])cc1. The quantitative estimate of drug-likeness (QED) is 0.351. The van der Waals surface area contributed by atoms with Gasteiger partial charge in [0.15, 0.2) is 0 Å². The lowest BCUT2D eigenvalue weighted by atomic mass is 10.2. The first-order chi connectivity index (χ1) is 14.0. The molecule has 0 aliphatic carbocycles. The van der Waals surface area contributed by atoms with E-state index in [1.807, 2.05) is 0 Å². The topological polar surface area (TPSA) is 140 Å². The molecular weight excluding hydrogens is 385 g/mol. The second-order valence-electron chi connectivity index (χ2n) is 5.72. The maximum Gasteiger partial charge on any atom is 0.316 e. The lowest BCUT2D eigenvalue weighted by Crippen LogP contribution is -2.34. The zero-order valence-electron chi connectivity index (χ0n) is 14.8. The molecule has 11 heteroatoms. The zero-order valence-corrected chi connectivity index (χ0v) is 14.8. The Morgan fingerprint density at radius 3 is 2.34 bits per heavy atom. The molecule has 2 amide bonds. The summed E-state index contributed by atoms with van der Waals surface area (Å²) in [6, 6.07) is 10.9. The smallest absolute Gasteiger partial charge is 0.316 e. The van der Waals surface area contributed by atoms with Crippen LogP contribution in [0.3, 0.4) is 0 Å². The minimum atomic E-state index is -0.676. The van der Waals surface area contributed by atoms with Crippen LogP contribution in [-0.4, -0.2) is 40.0 Å². The van der Waals surface area contributed by atoms with Crippen LogP contribution in [0.5, 0.6) is 0 Å². The van der Waals surface area contributed by atoms with Gasteiger partial charge in [-0.3, -0.25) is 19.7 Å². The van der Waals surface area contributed by atoms with Gasteiger partial charge in [0.25, 0.3) is 11.6 Å². The van der Waals surface area contributed by atoms with E-state index in [-0.39, 0.29) is 41.6 Å². The third-order valence-corrected chi connectivity index (χ3v) is 3.77. The van der Waals surface area contributed by atoms with E-state index in [4.69, 9.17) is 4.52 Å². The molecular formula is C18H14FN5O5. The third-order valence-electron chi connectivity index (χ3n) is 3.77. The highest BCUT2D eigenvalue weighted by atomic mass is 19.1. The van der Waals surface area contributed by atoms with E-state index in [9.17, 15) is 24.1 Å². The van der Waals surface area contributed by atoms with Crippen LogP contribution >= 0.6 is 0 Å². The molecule has 0 radical (unpaired) electrons. The number of nitrogens with zero attached hydrogens (tertiary/aromatic N) is 3. The highest BCUT2D eigenvalue weighted by molar-refractivity contribution is 5.94. The Labute approximate surface area is 162 Å². The molecule has 0 atom stereocenters. The van der Waals surface area contributed by atoms with Gasteiger partial charge in [0.1, 0.15) is 5.82 Å². The number of benzene rings is 2. The Morgan fingerprint density at radius 2 is 1.69 bits per heavy atom. The first-order valence-electron chi connectivity index (χ1n) is 8.35. The average Bonchev–Trinajstić information content (AvgIpc) is 3.21. The molecule has 0 saturated carbocycles. The van der Waals surface area contributed by atoms with Crippen LogP contribution < -0.4 is 10.6 Å². The summed E-state index contributed by atoms with van der Waals surface area (Å²) in [5.74, 6) is -2.07. The van der Waals surface area contributed by atoms with Crippen molar-refractivity contribution in [1.29, 1.82) is 0 Å². The molecule has 3 aromatic rings. The van der Waals surface area contributed by atoms with Crippen molar-refractivity contribution in [1.82, 2.24) is 20.8 Å². The molecule has 0 bridgehead atoms. The summed E-state index contributed by atoms with van der Waals surface area (Å²) in [6.07, 6.45) is 0. The molecule has 0 fully saturated rings. The molecule has 148 valence electrons. The highest BCUT2D eigenvalue weighted by Crippen LogP contribution is 2.19. The van der Waals surface area contributed by atoms with Gasteiger partial charge in [-0.25, -0.2) is 4.39 Å². The molecule has 29 heavy (non-hydrogen) atoms. The fraction of sp³-hybridized carbons (Fsp3) is 0.111. The summed E-state index contributed by atoms with van der Waals surface area (Å²) in [5.41, 5.74) is 0.224. The maximum atomic E-state index is 13.7. The Morgan fingerprint density at radius 1 is 1.03 bits per heavy atom. The second-order valence-corrected chi connectivity index (χ2v) is 5.72. The first kappa shape index (κ1) is 19.6. The molecule has 0 spiro atoms. The predicted octanol–water partition coefficient (Wildman–Crippen LogP) is 1.94. The maximum absolute atomic E-state index is 13.7. The number of hydrogen-bond donors (Lipinski definition) is 2. The van der Waals surface area contributed by atoms with E-state index in [1.54, 1.807) is 6.07 Å². The number of nitrogens with one attached hydrogen (secondary N) is 2. The number of carbonyl (C=O) groups excluding carboxylic acids is 2. The molecule has 10 nitrogen and oxygen atoms in total. The van der Waals surface area contributed by atoms with Crippen LogP contribution in [0.15, 0.2) is 53.1 Å². The van der Waals surface area contributed by atoms with E-state index in [0.717, 1.165) is 0 Å². The van der Waals surface area contributed by atoms with Crippen molar-refractivity contribution in [3.63, 3.8) is 0 Å². The van der Waals surface area contributed by atoms with E-state index in [0.29, 0.717) is 0 Å². The number of amides is 2. The van der Waals surface area contributed by atoms with Crippen molar-refractivity contribution in [2.75, 3.05) is 13.1 Å². The number of nitro groups is 1. The van der Waals surface area contributed by atoms with Gasteiger partial charge >= 0.3 is 11.8 Å². The fourth-order valence-corrected chi connectivity index (χ4v) is 2.33. The molecule has 3 rings (SSSR count). The van der Waals surface area contributed by atoms with E-state index >= 15 is 0 Å². The van der Waals surface area contributed by atoms with Crippen LogP contribution in [0.2, 0.25) is 0 Å². The fourth-order valence-electron chi connectivity index (χ4n) is 2.33. The summed E-state index contributed by atoms with van der Waals surface area (Å²) in [7, 11) is 0. The average molecular weight is 399 g/mol. The third kappa shape index (κ3) is 4.77. The van der Waals surface area contributed by atoms with Crippen LogP contribution in [0.1, 0.15) is 21.0 Å². The summed E-state index contributed by atoms with van der Waals surface area (Å²) >= 11 is 0. The molecule has 1 aromatic heterocycles. The Kier molecular flexibility index (Phi) is 5.88. The van der Waals surface area contributed by atoms with Gasteiger partial charge < -0.3 is 15.2 Å². The molecule has 0 aliphatic heterocycles. The van der Waals surface area contributed by atoms with Gasteiger partial charge in [-0.2, -0.15) is 4.98 Å². The van der Waals surface area contributed by atoms with Gasteiger partial charge in [-0.15, -0.1) is 0 Å². The van der Waals surface area contributed by atoms with Crippen LogP contribution in [0, 0.1) is 15.9 Å². The van der Waals surface area contributed by atoms with Crippen molar-refractivity contribution in [2.45, 2.75) is 0 Å². The Hall–Kier alpha value is -4.15. The molecule has 0 unspecified atom stereocenters. The van der Waals surface area contributed by atoms with E-state index < -0.39 is 22.6 Å². The van der Waals surface area contributed by atoms with Crippen molar-refractivity contribution in [3.8, 4) is 11.4 Å². The van der Waals surface area contributed by atoms with Crippen molar-refractivity contribution in [2.24, 2.45) is 0 Å². The number of carbonyl (C=O) groups is 2. The molecule has 0 saturated heterocycles. The number of aromatic nitrogens is 2. The number of nitro benzene ring substituents is 1. The van der Waals surface area contributed by atoms with E-state index in [1.165, 1.54) is 42.5 Å². The standard InChI is InChI=1S/C18H14FN5O5/c19-14-4-2-1-3-13(14)15-22-18(29-23-15)17(26)21-10-9-20-16(25)11-5-7-12(8-6-11)24(27)28/h1-8H,9-10H2,(H,20,25)(H,21,26). The molecule has 0 aliphatic rings. The normalized spacial score (nSPS) is 10.4. The van der Waals surface area contributed by atoms with Crippen LogP contribution in [0.25, 0.3) is 11.4 Å². The second kappa shape index (κ2) is 8.69. The summed E-state index contributed by atoms with van der Waals surface area (Å²) in [6.45, 7) is 0.158. The van der Waals surface area contributed by atoms with Gasteiger partial charge in [0, 0.05) is 30.8 Å². The summed E-state index contributed by atoms with van der Waals surface area (Å²) in [4.78, 5) is 37.9. The largest absolute Gasteiger partial charge is 0.350 e. The number of non-ortho nitro benzene ring substituents is 1. The number of rotatable bonds is 7. The van der Waals surface area contributed by atoms with E-state index in [2.05, 4.69) is 20.8 Å². The molecule has 1 heterocycles. The van der Waals surface area contributed by atoms with Crippen molar-refractivity contribution in [3.05, 3.63) is 75.9 Å². The molecule has 2 N–H and O–H groups in total. The number of hydrogen-bond acceptors (Lipinski definition) is 7. The van der Waals surface area contributed by atoms with Gasteiger partial charge in [0.05, 0.1) is 10.5 Å². The van der Waals surface area contributed by atoms with Crippen molar-refractivity contribution >= 4 is 17.5 Å². The zero-order chi connectivity index (χ0) is 20.8. The lowest BCUT2D eigenvalue weighted by molar-refractivity contribution is -0.384. The first-order valence-corrected chi connectivity index (χ1v) is 8.35.